The number of rotatable bonds is 7. The van der Waals surface area contributed by atoms with Gasteiger partial charge in [-0.1, -0.05) is 42.5 Å². The Balaban J connectivity index is 1.71. The van der Waals surface area contributed by atoms with Gasteiger partial charge in [-0.25, -0.2) is 13.4 Å². The molecule has 0 unspecified atom stereocenters. The van der Waals surface area contributed by atoms with Crippen LogP contribution in [0.3, 0.4) is 0 Å². The number of benzene rings is 2. The van der Waals surface area contributed by atoms with Crippen molar-refractivity contribution in [3.8, 4) is 0 Å². The Kier molecular flexibility index (Phi) is 5.70. The number of nitrogens with two attached hydrogens (primary N) is 1. The number of carbonyl (C=O) groups is 2. The summed E-state index contributed by atoms with van der Waals surface area (Å²) < 4.78 is 24.8. The van der Waals surface area contributed by atoms with E-state index in [2.05, 4.69) is 10.3 Å². The first-order chi connectivity index (χ1) is 13.4. The molecule has 0 radical (unpaired) electrons. The van der Waals surface area contributed by atoms with Crippen LogP contribution in [0.15, 0.2) is 71.6 Å². The van der Waals surface area contributed by atoms with Gasteiger partial charge in [-0.2, -0.15) is 0 Å². The molecule has 3 rings (SSSR count). The summed E-state index contributed by atoms with van der Waals surface area (Å²) in [5, 5.41) is 3.36. The summed E-state index contributed by atoms with van der Waals surface area (Å²) in [6.07, 6.45) is -0.133. The molecule has 0 saturated heterocycles. The van der Waals surface area contributed by atoms with Crippen molar-refractivity contribution >= 4 is 32.6 Å². The average molecular weight is 397 g/mol. The molecule has 1 aromatic heterocycles. The molecule has 0 fully saturated rings. The lowest BCUT2D eigenvalue weighted by atomic mass is 10.2. The topological polar surface area (TPSA) is 119 Å². The maximum absolute atomic E-state index is 12.5. The maximum atomic E-state index is 12.5. The van der Waals surface area contributed by atoms with Gasteiger partial charge >= 0.3 is 0 Å². The van der Waals surface area contributed by atoms with E-state index in [-0.39, 0.29) is 22.8 Å². The van der Waals surface area contributed by atoms with Gasteiger partial charge in [0.05, 0.1) is 16.2 Å². The Morgan fingerprint density at radius 1 is 0.964 bits per heavy atom. The van der Waals surface area contributed by atoms with Crippen molar-refractivity contribution < 1.29 is 18.0 Å². The highest BCUT2D eigenvalue weighted by Crippen LogP contribution is 2.14. The lowest BCUT2D eigenvalue weighted by molar-refractivity contribution is -0.119. The molecule has 3 aromatic rings. The van der Waals surface area contributed by atoms with E-state index < -0.39 is 27.7 Å². The number of aromatic nitrogens is 1. The quantitative estimate of drug-likeness (QED) is 0.629. The second-order valence-corrected chi connectivity index (χ2v) is 8.35. The molecular formula is C20H19N3O4S. The lowest BCUT2D eigenvalue weighted by Gasteiger charge is -2.15. The van der Waals surface area contributed by atoms with Crippen LogP contribution in [0.5, 0.6) is 0 Å². The first-order valence-corrected chi connectivity index (χ1v) is 10.3. The standard InChI is InChI=1S/C20H19N3O4S/c21-19(24)17(12-13-28(26,27)15-7-2-1-3-8-15)23-20(25)18-11-10-14-6-4-5-9-16(14)22-18/h1-11,17H,12-13H2,(H2,21,24)(H,23,25)/t17-/m1/s1. The molecule has 144 valence electrons. The molecule has 1 atom stereocenters. The molecule has 0 aliphatic heterocycles. The fourth-order valence-electron chi connectivity index (χ4n) is 2.73. The van der Waals surface area contributed by atoms with Crippen molar-refractivity contribution in [2.75, 3.05) is 5.75 Å². The highest BCUT2D eigenvalue weighted by molar-refractivity contribution is 7.91. The minimum Gasteiger partial charge on any atom is -0.368 e. The van der Waals surface area contributed by atoms with Gasteiger partial charge in [0.25, 0.3) is 5.91 Å². The van der Waals surface area contributed by atoms with Crippen molar-refractivity contribution in [3.05, 3.63) is 72.4 Å². The third-order valence-corrected chi connectivity index (χ3v) is 6.02. The number of fused-ring (bicyclic) bond motifs is 1. The molecule has 28 heavy (non-hydrogen) atoms. The number of hydrogen-bond donors (Lipinski definition) is 2. The number of sulfone groups is 1. The van der Waals surface area contributed by atoms with Gasteiger partial charge in [0.2, 0.25) is 5.91 Å². The normalized spacial score (nSPS) is 12.4. The number of nitrogens with one attached hydrogen (secondary N) is 1. The number of primary amides is 1. The summed E-state index contributed by atoms with van der Waals surface area (Å²) in [6.45, 7) is 0. The molecule has 8 heteroatoms. The zero-order valence-corrected chi connectivity index (χ0v) is 15.7. The van der Waals surface area contributed by atoms with Crippen LogP contribution in [0.4, 0.5) is 0 Å². The Bertz CT molecular complexity index is 1110. The Hall–Kier alpha value is -3.26. The van der Waals surface area contributed by atoms with E-state index in [9.17, 15) is 18.0 Å². The van der Waals surface area contributed by atoms with Crippen molar-refractivity contribution in [2.24, 2.45) is 5.73 Å². The SMILES string of the molecule is NC(=O)[C@@H](CCS(=O)(=O)c1ccccc1)NC(=O)c1ccc2ccccc2n1. The van der Waals surface area contributed by atoms with Gasteiger partial charge < -0.3 is 11.1 Å². The number of pyridine rings is 1. The predicted octanol–water partition coefficient (Wildman–Crippen LogP) is 1.68. The lowest BCUT2D eigenvalue weighted by Crippen LogP contribution is -2.45. The minimum atomic E-state index is -3.59. The van der Waals surface area contributed by atoms with Gasteiger partial charge in [-0.05, 0) is 30.7 Å². The second kappa shape index (κ2) is 8.18. The van der Waals surface area contributed by atoms with Crippen LogP contribution in [0.1, 0.15) is 16.9 Å². The molecule has 3 N–H and O–H groups in total. The summed E-state index contributed by atoms with van der Waals surface area (Å²) in [5.41, 5.74) is 6.11. The van der Waals surface area contributed by atoms with Crippen LogP contribution in [0.2, 0.25) is 0 Å². The molecule has 0 spiro atoms. The summed E-state index contributed by atoms with van der Waals surface area (Å²) in [4.78, 5) is 28.6. The predicted molar refractivity (Wildman–Crippen MR) is 105 cm³/mol. The number of nitrogens with zero attached hydrogens (tertiary/aromatic N) is 1. The Morgan fingerprint density at radius 3 is 2.36 bits per heavy atom. The van der Waals surface area contributed by atoms with Crippen LogP contribution in [0.25, 0.3) is 10.9 Å². The van der Waals surface area contributed by atoms with E-state index in [1.165, 1.54) is 18.2 Å². The van der Waals surface area contributed by atoms with Gasteiger partial charge in [-0.3, -0.25) is 9.59 Å². The van der Waals surface area contributed by atoms with Crippen molar-refractivity contribution in [3.63, 3.8) is 0 Å². The summed E-state index contributed by atoms with van der Waals surface area (Å²) >= 11 is 0. The molecule has 7 nitrogen and oxygen atoms in total. The second-order valence-electron chi connectivity index (χ2n) is 6.24. The molecule has 1 heterocycles. The number of carbonyl (C=O) groups excluding carboxylic acids is 2. The van der Waals surface area contributed by atoms with Crippen LogP contribution in [0, 0.1) is 0 Å². The minimum absolute atomic E-state index is 0.121. The van der Waals surface area contributed by atoms with Gasteiger partial charge in [0, 0.05) is 5.39 Å². The smallest absolute Gasteiger partial charge is 0.270 e. The molecular weight excluding hydrogens is 378 g/mol. The van der Waals surface area contributed by atoms with Crippen molar-refractivity contribution in [2.45, 2.75) is 17.4 Å². The third-order valence-electron chi connectivity index (χ3n) is 4.26. The van der Waals surface area contributed by atoms with Crippen molar-refractivity contribution in [1.29, 1.82) is 0 Å². The van der Waals surface area contributed by atoms with E-state index >= 15 is 0 Å². The molecule has 0 bridgehead atoms. The van der Waals surface area contributed by atoms with Crippen LogP contribution in [-0.4, -0.2) is 37.0 Å². The van der Waals surface area contributed by atoms with E-state index in [0.29, 0.717) is 5.52 Å². The summed E-state index contributed by atoms with van der Waals surface area (Å²) in [6, 6.07) is 17.4. The largest absolute Gasteiger partial charge is 0.368 e. The highest BCUT2D eigenvalue weighted by Gasteiger charge is 2.23. The van der Waals surface area contributed by atoms with E-state index in [4.69, 9.17) is 5.73 Å². The van der Waals surface area contributed by atoms with Crippen molar-refractivity contribution in [1.82, 2.24) is 10.3 Å². The van der Waals surface area contributed by atoms with Gasteiger partial charge in [-0.15, -0.1) is 0 Å². The molecule has 0 aliphatic carbocycles. The molecule has 0 saturated carbocycles. The highest BCUT2D eigenvalue weighted by atomic mass is 32.2. The number of amides is 2. The zero-order valence-electron chi connectivity index (χ0n) is 14.9. The molecule has 2 amide bonds. The summed E-state index contributed by atoms with van der Waals surface area (Å²) in [5.74, 6) is -1.72. The molecule has 0 aliphatic rings. The third kappa shape index (κ3) is 4.52. The summed E-state index contributed by atoms with van der Waals surface area (Å²) in [7, 11) is -3.59. The monoisotopic (exact) mass is 397 g/mol. The average Bonchev–Trinajstić information content (AvgIpc) is 2.71. The molecule has 2 aromatic carbocycles. The fraction of sp³-hybridized carbons (Fsp3) is 0.150. The van der Waals surface area contributed by atoms with Crippen LogP contribution in [-0.2, 0) is 14.6 Å². The maximum Gasteiger partial charge on any atom is 0.270 e. The zero-order chi connectivity index (χ0) is 20.1. The number of hydrogen-bond acceptors (Lipinski definition) is 5. The first-order valence-electron chi connectivity index (χ1n) is 8.60. The number of para-hydroxylation sites is 1. The fourth-order valence-corrected chi connectivity index (χ4v) is 4.08. The van der Waals surface area contributed by atoms with E-state index in [1.807, 2.05) is 12.1 Å². The van der Waals surface area contributed by atoms with E-state index in [0.717, 1.165) is 5.39 Å². The van der Waals surface area contributed by atoms with E-state index in [1.54, 1.807) is 36.4 Å². The Labute approximate surface area is 162 Å². The van der Waals surface area contributed by atoms with Gasteiger partial charge in [0.15, 0.2) is 9.84 Å². The van der Waals surface area contributed by atoms with Crippen LogP contribution >= 0.6 is 0 Å². The first kappa shape index (κ1) is 19.5. The van der Waals surface area contributed by atoms with Crippen LogP contribution < -0.4 is 11.1 Å². The van der Waals surface area contributed by atoms with Gasteiger partial charge in [0.1, 0.15) is 11.7 Å². The Morgan fingerprint density at radius 2 is 1.64 bits per heavy atom.